The van der Waals surface area contributed by atoms with Crippen LogP contribution in [0, 0.1) is 0 Å². The third-order valence-electron chi connectivity index (χ3n) is 2.87. The zero-order valence-electron chi connectivity index (χ0n) is 10.5. The smallest absolute Gasteiger partial charge is 0.124 e. The van der Waals surface area contributed by atoms with Crippen molar-refractivity contribution in [3.05, 3.63) is 12.3 Å². The second-order valence-corrected chi connectivity index (χ2v) is 4.33. The summed E-state index contributed by atoms with van der Waals surface area (Å²) >= 11 is 0. The molecule has 0 saturated heterocycles. The molecule has 1 aromatic rings. The van der Waals surface area contributed by atoms with Crippen LogP contribution in [-0.2, 0) is 0 Å². The minimum absolute atomic E-state index is 0.261. The molecule has 0 saturated carbocycles. The van der Waals surface area contributed by atoms with Crippen LogP contribution < -0.4 is 5.32 Å². The van der Waals surface area contributed by atoms with Crippen molar-refractivity contribution in [2.75, 3.05) is 11.9 Å². The number of rotatable bonds is 7. The van der Waals surface area contributed by atoms with E-state index >= 15 is 0 Å². The predicted octanol–water partition coefficient (Wildman–Crippen LogP) is 2.43. The molecule has 0 aliphatic heterocycles. The molecule has 1 heterocycles. The van der Waals surface area contributed by atoms with E-state index in [0.717, 1.165) is 25.1 Å². The Labute approximate surface area is 97.7 Å². The van der Waals surface area contributed by atoms with Crippen LogP contribution in [0.5, 0.6) is 0 Å². The van der Waals surface area contributed by atoms with E-state index in [-0.39, 0.29) is 6.61 Å². The highest BCUT2D eigenvalue weighted by Crippen LogP contribution is 2.17. The summed E-state index contributed by atoms with van der Waals surface area (Å²) in [4.78, 5) is 0. The fourth-order valence-corrected chi connectivity index (χ4v) is 1.67. The first-order valence-corrected chi connectivity index (χ1v) is 6.10. The lowest BCUT2D eigenvalue weighted by Gasteiger charge is -2.18. The fraction of sp³-hybridized carbons (Fsp3) is 0.750. The Hall–Kier alpha value is -1.03. The molecule has 0 spiro atoms. The van der Waals surface area contributed by atoms with E-state index in [9.17, 15) is 0 Å². The molecule has 0 radical (unpaired) electrons. The molecule has 1 rings (SSSR count). The van der Waals surface area contributed by atoms with Crippen molar-refractivity contribution in [3.8, 4) is 0 Å². The predicted molar refractivity (Wildman–Crippen MR) is 66.6 cm³/mol. The molecule has 92 valence electrons. The largest absolute Gasteiger partial charge is 0.396 e. The zero-order chi connectivity index (χ0) is 12.0. The Balaban J connectivity index is 2.56. The van der Waals surface area contributed by atoms with Gasteiger partial charge in [-0.3, -0.25) is 0 Å². The summed E-state index contributed by atoms with van der Waals surface area (Å²) in [5.41, 5.74) is 0. The first-order chi connectivity index (χ1) is 7.69. The van der Waals surface area contributed by atoms with Crippen molar-refractivity contribution in [1.29, 1.82) is 0 Å². The van der Waals surface area contributed by atoms with Crippen LogP contribution >= 0.6 is 0 Å². The van der Waals surface area contributed by atoms with Crippen LogP contribution in [0.1, 0.15) is 46.1 Å². The molecule has 2 unspecified atom stereocenters. The van der Waals surface area contributed by atoms with Gasteiger partial charge in [-0.05, 0) is 33.1 Å². The van der Waals surface area contributed by atoms with E-state index in [4.69, 9.17) is 5.11 Å². The number of hydrogen-bond donors (Lipinski definition) is 2. The molecule has 0 aromatic carbocycles. The van der Waals surface area contributed by atoms with E-state index in [1.807, 2.05) is 16.9 Å². The Kier molecular flexibility index (Phi) is 5.32. The van der Waals surface area contributed by atoms with Crippen molar-refractivity contribution in [3.63, 3.8) is 0 Å². The van der Waals surface area contributed by atoms with Crippen LogP contribution in [0.15, 0.2) is 12.3 Å². The van der Waals surface area contributed by atoms with Gasteiger partial charge in [0.15, 0.2) is 0 Å². The lowest BCUT2D eigenvalue weighted by atomic mass is 10.2. The quantitative estimate of drug-likeness (QED) is 0.749. The maximum atomic E-state index is 8.78. The summed E-state index contributed by atoms with van der Waals surface area (Å²) in [6.45, 7) is 6.71. The van der Waals surface area contributed by atoms with Crippen LogP contribution in [0.4, 0.5) is 5.82 Å². The molecular formula is C12H23N3O. The van der Waals surface area contributed by atoms with E-state index in [0.29, 0.717) is 12.1 Å². The van der Waals surface area contributed by atoms with Crippen molar-refractivity contribution in [2.24, 2.45) is 0 Å². The summed E-state index contributed by atoms with van der Waals surface area (Å²) in [6.07, 6.45) is 4.71. The second-order valence-electron chi connectivity index (χ2n) is 4.33. The van der Waals surface area contributed by atoms with Gasteiger partial charge in [0.2, 0.25) is 0 Å². The van der Waals surface area contributed by atoms with Gasteiger partial charge in [-0.15, -0.1) is 0 Å². The first kappa shape index (κ1) is 13.0. The fourth-order valence-electron chi connectivity index (χ4n) is 1.67. The average molecular weight is 225 g/mol. The highest BCUT2D eigenvalue weighted by atomic mass is 16.2. The SMILES string of the molecule is CCC(C)n1nccc1NC(C)CCCO. The van der Waals surface area contributed by atoms with Crippen molar-refractivity contribution < 1.29 is 5.11 Å². The van der Waals surface area contributed by atoms with Gasteiger partial charge in [0.25, 0.3) is 0 Å². The minimum atomic E-state index is 0.261. The summed E-state index contributed by atoms with van der Waals surface area (Å²) in [5.74, 6) is 1.07. The van der Waals surface area contributed by atoms with Gasteiger partial charge in [0, 0.05) is 18.7 Å². The third kappa shape index (κ3) is 3.52. The lowest BCUT2D eigenvalue weighted by molar-refractivity contribution is 0.282. The molecule has 4 nitrogen and oxygen atoms in total. The van der Waals surface area contributed by atoms with Crippen LogP contribution in [-0.4, -0.2) is 27.5 Å². The van der Waals surface area contributed by atoms with Gasteiger partial charge in [-0.25, -0.2) is 4.68 Å². The minimum Gasteiger partial charge on any atom is -0.396 e. The third-order valence-corrected chi connectivity index (χ3v) is 2.87. The molecule has 4 heteroatoms. The highest BCUT2D eigenvalue weighted by molar-refractivity contribution is 5.35. The van der Waals surface area contributed by atoms with Gasteiger partial charge in [0.05, 0.1) is 12.2 Å². The maximum absolute atomic E-state index is 8.78. The normalized spacial score (nSPS) is 14.8. The molecule has 0 amide bonds. The molecule has 0 aliphatic rings. The maximum Gasteiger partial charge on any atom is 0.124 e. The van der Waals surface area contributed by atoms with Gasteiger partial charge in [-0.1, -0.05) is 6.92 Å². The molecule has 0 fully saturated rings. The number of aromatic nitrogens is 2. The molecule has 0 aliphatic carbocycles. The number of aliphatic hydroxyl groups is 1. The van der Waals surface area contributed by atoms with Gasteiger partial charge in [-0.2, -0.15) is 5.10 Å². The van der Waals surface area contributed by atoms with E-state index in [2.05, 4.69) is 31.2 Å². The molecule has 2 atom stereocenters. The van der Waals surface area contributed by atoms with Gasteiger partial charge in [0.1, 0.15) is 5.82 Å². The molecule has 0 bridgehead atoms. The summed E-state index contributed by atoms with van der Waals surface area (Å²) < 4.78 is 2.02. The summed E-state index contributed by atoms with van der Waals surface area (Å²) in [6, 6.07) is 2.79. The van der Waals surface area contributed by atoms with Crippen molar-refractivity contribution in [1.82, 2.24) is 9.78 Å². The van der Waals surface area contributed by atoms with Crippen LogP contribution in [0.2, 0.25) is 0 Å². The first-order valence-electron chi connectivity index (χ1n) is 6.10. The van der Waals surface area contributed by atoms with Gasteiger partial charge >= 0.3 is 0 Å². The summed E-state index contributed by atoms with van der Waals surface area (Å²) in [5, 5.41) is 16.5. The standard InChI is InChI=1S/C12H23N3O/c1-4-11(3)15-12(7-8-13-15)14-10(2)6-5-9-16/h7-8,10-11,14,16H,4-6,9H2,1-3H3. The molecule has 1 aromatic heterocycles. The zero-order valence-corrected chi connectivity index (χ0v) is 10.5. The summed E-state index contributed by atoms with van der Waals surface area (Å²) in [7, 11) is 0. The highest BCUT2D eigenvalue weighted by Gasteiger charge is 2.10. The monoisotopic (exact) mass is 225 g/mol. The molecular weight excluding hydrogens is 202 g/mol. The topological polar surface area (TPSA) is 50.1 Å². The second kappa shape index (κ2) is 6.53. The van der Waals surface area contributed by atoms with E-state index in [1.165, 1.54) is 0 Å². The Morgan fingerprint density at radius 2 is 2.25 bits per heavy atom. The molecule has 2 N–H and O–H groups in total. The Bertz CT molecular complexity index is 298. The van der Waals surface area contributed by atoms with Crippen molar-refractivity contribution >= 4 is 5.82 Å². The lowest BCUT2D eigenvalue weighted by Crippen LogP contribution is -2.19. The Morgan fingerprint density at radius 3 is 2.88 bits per heavy atom. The number of hydrogen-bond acceptors (Lipinski definition) is 3. The van der Waals surface area contributed by atoms with Gasteiger partial charge < -0.3 is 10.4 Å². The number of aliphatic hydroxyl groups excluding tert-OH is 1. The molecule has 16 heavy (non-hydrogen) atoms. The van der Waals surface area contributed by atoms with E-state index in [1.54, 1.807) is 0 Å². The van der Waals surface area contributed by atoms with Crippen molar-refractivity contribution in [2.45, 2.75) is 52.1 Å². The number of nitrogens with one attached hydrogen (secondary N) is 1. The van der Waals surface area contributed by atoms with Crippen LogP contribution in [0.3, 0.4) is 0 Å². The van der Waals surface area contributed by atoms with E-state index < -0.39 is 0 Å². The number of anilines is 1. The van der Waals surface area contributed by atoms with Crippen LogP contribution in [0.25, 0.3) is 0 Å². The average Bonchev–Trinajstić information content (AvgIpc) is 2.73. The Morgan fingerprint density at radius 1 is 1.50 bits per heavy atom. The number of nitrogens with zero attached hydrogens (tertiary/aromatic N) is 2.